The van der Waals surface area contributed by atoms with E-state index in [0.29, 0.717) is 18.5 Å². The second-order valence-corrected chi connectivity index (χ2v) is 6.70. The highest BCUT2D eigenvalue weighted by atomic mass is 16.2. The van der Waals surface area contributed by atoms with E-state index in [9.17, 15) is 4.79 Å². The first kappa shape index (κ1) is 15.1. The van der Waals surface area contributed by atoms with Crippen molar-refractivity contribution in [3.63, 3.8) is 0 Å². The molecule has 0 spiro atoms. The van der Waals surface area contributed by atoms with E-state index in [2.05, 4.69) is 51.0 Å². The maximum Gasteiger partial charge on any atom is 0.227 e. The van der Waals surface area contributed by atoms with Crippen LogP contribution in [0.15, 0.2) is 42.7 Å². The molecule has 5 nitrogen and oxygen atoms in total. The molecule has 2 aliphatic heterocycles. The van der Waals surface area contributed by atoms with Gasteiger partial charge in [0, 0.05) is 25.5 Å². The molecule has 2 fully saturated rings. The molecule has 124 valence electrons. The second kappa shape index (κ2) is 6.23. The second-order valence-electron chi connectivity index (χ2n) is 6.70. The van der Waals surface area contributed by atoms with Crippen LogP contribution in [0.5, 0.6) is 0 Å². The predicted octanol–water partition coefficient (Wildman–Crippen LogP) is 2.21. The molecule has 2 aliphatic rings. The van der Waals surface area contributed by atoms with E-state index in [1.165, 1.54) is 5.56 Å². The third-order valence-corrected chi connectivity index (χ3v) is 5.18. The first-order valence-electron chi connectivity index (χ1n) is 8.61. The van der Waals surface area contributed by atoms with Gasteiger partial charge in [-0.25, -0.2) is 9.97 Å². The van der Waals surface area contributed by atoms with Gasteiger partial charge in [-0.15, -0.1) is 0 Å². The lowest BCUT2D eigenvalue weighted by Crippen LogP contribution is -2.40. The number of nitrogens with zero attached hydrogens (tertiary/aromatic N) is 4. The molecule has 2 saturated heterocycles. The van der Waals surface area contributed by atoms with Gasteiger partial charge in [0.15, 0.2) is 0 Å². The molecule has 0 radical (unpaired) electrons. The summed E-state index contributed by atoms with van der Waals surface area (Å²) in [5, 5.41) is 0. The highest BCUT2D eigenvalue weighted by Crippen LogP contribution is 2.33. The number of benzene rings is 1. The number of likely N-dealkylation sites (tertiary alicyclic amines) is 1. The molecule has 5 heteroatoms. The number of hydrogen-bond acceptors (Lipinski definition) is 4. The van der Waals surface area contributed by atoms with Crippen molar-refractivity contribution >= 4 is 11.9 Å². The Hall–Kier alpha value is -2.43. The Labute approximate surface area is 142 Å². The highest BCUT2D eigenvalue weighted by Gasteiger charge is 2.44. The summed E-state index contributed by atoms with van der Waals surface area (Å²) < 4.78 is 0. The number of carbonyl (C=O) groups is 1. The van der Waals surface area contributed by atoms with Gasteiger partial charge in [-0.1, -0.05) is 29.8 Å². The first-order valence-corrected chi connectivity index (χ1v) is 8.61. The summed E-state index contributed by atoms with van der Waals surface area (Å²) in [5.41, 5.74) is 2.32. The molecule has 0 saturated carbocycles. The number of amides is 1. The van der Waals surface area contributed by atoms with Gasteiger partial charge >= 0.3 is 0 Å². The minimum Gasteiger partial charge on any atom is -0.337 e. The summed E-state index contributed by atoms with van der Waals surface area (Å²) in [6.07, 6.45) is 6.06. The van der Waals surface area contributed by atoms with E-state index in [1.807, 2.05) is 6.07 Å². The van der Waals surface area contributed by atoms with Gasteiger partial charge in [0.2, 0.25) is 11.9 Å². The van der Waals surface area contributed by atoms with E-state index in [4.69, 9.17) is 0 Å². The van der Waals surface area contributed by atoms with Gasteiger partial charge < -0.3 is 9.80 Å². The van der Waals surface area contributed by atoms with Crippen molar-refractivity contribution in [3.8, 4) is 0 Å². The maximum absolute atomic E-state index is 12.8. The average Bonchev–Trinajstić information content (AvgIpc) is 3.19. The van der Waals surface area contributed by atoms with E-state index in [0.717, 1.165) is 37.4 Å². The maximum atomic E-state index is 12.8. The first-order chi connectivity index (χ1) is 11.7. The Bertz CT molecular complexity index is 716. The lowest BCUT2D eigenvalue weighted by Gasteiger charge is -2.25. The summed E-state index contributed by atoms with van der Waals surface area (Å²) in [4.78, 5) is 25.9. The molecule has 2 atom stereocenters. The predicted molar refractivity (Wildman–Crippen MR) is 92.8 cm³/mol. The van der Waals surface area contributed by atoms with E-state index >= 15 is 0 Å². The minimum absolute atomic E-state index is 0.238. The largest absolute Gasteiger partial charge is 0.337 e. The molecule has 1 aromatic heterocycles. The summed E-state index contributed by atoms with van der Waals surface area (Å²) in [5.74, 6) is 1.03. The highest BCUT2D eigenvalue weighted by molar-refractivity contribution is 5.79. The van der Waals surface area contributed by atoms with Gasteiger partial charge in [-0.2, -0.15) is 0 Å². The smallest absolute Gasteiger partial charge is 0.227 e. The Balaban J connectivity index is 1.45. The molecule has 0 N–H and O–H groups in total. The van der Waals surface area contributed by atoms with Gasteiger partial charge in [0.05, 0.1) is 18.5 Å². The van der Waals surface area contributed by atoms with Crippen molar-refractivity contribution < 1.29 is 4.79 Å². The Morgan fingerprint density at radius 2 is 1.79 bits per heavy atom. The zero-order valence-corrected chi connectivity index (χ0v) is 13.9. The number of hydrogen-bond donors (Lipinski definition) is 0. The SMILES string of the molecule is Cc1ccc(CC(=O)N2CC[C@H]3[C@H]2CCN3c2ncccn2)cc1. The molecule has 0 bridgehead atoms. The van der Waals surface area contributed by atoms with E-state index < -0.39 is 0 Å². The van der Waals surface area contributed by atoms with E-state index in [1.54, 1.807) is 12.4 Å². The fraction of sp³-hybridized carbons (Fsp3) is 0.421. The Kier molecular flexibility index (Phi) is 3.92. The molecule has 0 unspecified atom stereocenters. The number of aryl methyl sites for hydroxylation is 1. The molecule has 3 heterocycles. The standard InChI is InChI=1S/C19H22N4O/c1-14-3-5-15(6-4-14)13-18(24)22-11-7-17-16(22)8-12-23(17)19-20-9-2-10-21-19/h2-6,9-10,16-17H,7-8,11-13H2,1H3/t16-,17+/m1/s1. The fourth-order valence-corrected chi connectivity index (χ4v) is 3.97. The zero-order chi connectivity index (χ0) is 16.5. The van der Waals surface area contributed by atoms with Crippen LogP contribution >= 0.6 is 0 Å². The van der Waals surface area contributed by atoms with Crippen LogP contribution in [-0.4, -0.2) is 45.9 Å². The molecule has 1 aromatic carbocycles. The van der Waals surface area contributed by atoms with Crippen molar-refractivity contribution in [2.45, 2.75) is 38.3 Å². The van der Waals surface area contributed by atoms with Crippen molar-refractivity contribution in [3.05, 3.63) is 53.9 Å². The van der Waals surface area contributed by atoms with Crippen LogP contribution in [0.25, 0.3) is 0 Å². The van der Waals surface area contributed by atoms with E-state index in [-0.39, 0.29) is 5.91 Å². The van der Waals surface area contributed by atoms with Crippen LogP contribution in [0, 0.1) is 6.92 Å². The third kappa shape index (κ3) is 2.75. The molecule has 1 amide bonds. The molecule has 0 aliphatic carbocycles. The monoisotopic (exact) mass is 322 g/mol. The molecule has 24 heavy (non-hydrogen) atoms. The Morgan fingerprint density at radius 1 is 1.08 bits per heavy atom. The van der Waals surface area contributed by atoms with Gasteiger partial charge in [-0.05, 0) is 31.4 Å². The van der Waals surface area contributed by atoms with Crippen molar-refractivity contribution in [2.24, 2.45) is 0 Å². The van der Waals surface area contributed by atoms with Gasteiger partial charge in [0.25, 0.3) is 0 Å². The minimum atomic E-state index is 0.238. The van der Waals surface area contributed by atoms with Crippen LogP contribution in [-0.2, 0) is 11.2 Å². The number of fused-ring (bicyclic) bond motifs is 1. The van der Waals surface area contributed by atoms with Crippen LogP contribution in [0.1, 0.15) is 24.0 Å². The van der Waals surface area contributed by atoms with Crippen molar-refractivity contribution in [1.82, 2.24) is 14.9 Å². The topological polar surface area (TPSA) is 49.3 Å². The lowest BCUT2D eigenvalue weighted by molar-refractivity contribution is -0.131. The zero-order valence-electron chi connectivity index (χ0n) is 13.9. The van der Waals surface area contributed by atoms with Gasteiger partial charge in [0.1, 0.15) is 0 Å². The fourth-order valence-electron chi connectivity index (χ4n) is 3.97. The third-order valence-electron chi connectivity index (χ3n) is 5.18. The average molecular weight is 322 g/mol. The lowest BCUT2D eigenvalue weighted by atomic mass is 10.1. The number of carbonyl (C=O) groups excluding carboxylic acids is 1. The van der Waals surface area contributed by atoms with Crippen molar-refractivity contribution in [2.75, 3.05) is 18.0 Å². The number of anilines is 1. The molecular formula is C19H22N4O. The number of aromatic nitrogens is 2. The Morgan fingerprint density at radius 3 is 2.54 bits per heavy atom. The summed E-state index contributed by atoms with van der Waals surface area (Å²) in [7, 11) is 0. The summed E-state index contributed by atoms with van der Waals surface area (Å²) >= 11 is 0. The normalized spacial score (nSPS) is 22.7. The number of rotatable bonds is 3. The molecule has 4 rings (SSSR count). The molecule has 2 aromatic rings. The quantitative estimate of drug-likeness (QED) is 0.869. The van der Waals surface area contributed by atoms with Crippen molar-refractivity contribution in [1.29, 1.82) is 0 Å². The van der Waals surface area contributed by atoms with Crippen LogP contribution in [0.2, 0.25) is 0 Å². The van der Waals surface area contributed by atoms with Crippen LogP contribution in [0.4, 0.5) is 5.95 Å². The summed E-state index contributed by atoms with van der Waals surface area (Å²) in [6.45, 7) is 3.83. The van der Waals surface area contributed by atoms with Crippen LogP contribution < -0.4 is 4.90 Å². The van der Waals surface area contributed by atoms with Gasteiger partial charge in [-0.3, -0.25) is 4.79 Å². The van der Waals surface area contributed by atoms with Crippen LogP contribution in [0.3, 0.4) is 0 Å². The summed E-state index contributed by atoms with van der Waals surface area (Å²) in [6, 6.07) is 10.7. The molecular weight excluding hydrogens is 300 g/mol.